The topological polar surface area (TPSA) is 12.9 Å². The van der Waals surface area contributed by atoms with Crippen molar-refractivity contribution < 1.29 is 0 Å². The van der Waals surface area contributed by atoms with Crippen LogP contribution in [0.25, 0.3) is 10.4 Å². The number of hydrogen-bond acceptors (Lipinski definition) is 2. The minimum absolute atomic E-state index is 1.12. The first-order valence-electron chi connectivity index (χ1n) is 8.37. The van der Waals surface area contributed by atoms with E-state index in [1.54, 1.807) is 0 Å². The van der Waals surface area contributed by atoms with Crippen LogP contribution in [0.3, 0.4) is 0 Å². The van der Waals surface area contributed by atoms with Crippen molar-refractivity contribution in [2.24, 2.45) is 0 Å². The molecule has 21 heavy (non-hydrogen) atoms. The van der Waals surface area contributed by atoms with Crippen LogP contribution in [0.1, 0.15) is 62.9 Å². The van der Waals surface area contributed by atoms with Gasteiger partial charge in [-0.1, -0.05) is 52.0 Å². The zero-order valence-electron chi connectivity index (χ0n) is 13.4. The Morgan fingerprint density at radius 1 is 0.857 bits per heavy atom. The fourth-order valence-corrected chi connectivity index (χ4v) is 3.64. The van der Waals surface area contributed by atoms with Crippen LogP contribution in [-0.2, 0) is 12.8 Å². The highest BCUT2D eigenvalue weighted by Crippen LogP contribution is 2.28. The fourth-order valence-electron chi connectivity index (χ4n) is 2.54. The Balaban J connectivity index is 1.86. The molecule has 0 amide bonds. The molecule has 0 aliphatic rings. The maximum absolute atomic E-state index is 4.63. The van der Waals surface area contributed by atoms with E-state index in [9.17, 15) is 0 Å². The van der Waals surface area contributed by atoms with E-state index >= 15 is 0 Å². The third-order valence-corrected chi connectivity index (χ3v) is 5.00. The molecule has 0 atom stereocenters. The number of pyridine rings is 1. The molecular formula is C19H27NS. The second kappa shape index (κ2) is 8.99. The molecule has 0 fully saturated rings. The molecule has 2 aromatic heterocycles. The van der Waals surface area contributed by atoms with Gasteiger partial charge >= 0.3 is 0 Å². The molecule has 0 aliphatic carbocycles. The maximum atomic E-state index is 4.63. The Morgan fingerprint density at radius 3 is 2.43 bits per heavy atom. The van der Waals surface area contributed by atoms with Crippen molar-refractivity contribution in [3.8, 4) is 10.4 Å². The summed E-state index contributed by atoms with van der Waals surface area (Å²) in [6.45, 7) is 4.49. The molecule has 0 unspecified atom stereocenters. The van der Waals surface area contributed by atoms with Gasteiger partial charge in [0.1, 0.15) is 0 Å². The number of aryl methyl sites for hydroxylation is 2. The first-order valence-corrected chi connectivity index (χ1v) is 9.19. The molecule has 1 nitrogen and oxygen atoms in total. The average Bonchev–Trinajstić information content (AvgIpc) is 2.97. The molecule has 2 heteroatoms. The van der Waals surface area contributed by atoms with Crippen molar-refractivity contribution in [2.75, 3.05) is 0 Å². The minimum atomic E-state index is 1.12. The van der Waals surface area contributed by atoms with E-state index in [2.05, 4.69) is 43.1 Å². The lowest BCUT2D eigenvalue weighted by Gasteiger charge is -2.02. The third-order valence-electron chi connectivity index (χ3n) is 3.80. The van der Waals surface area contributed by atoms with Crippen molar-refractivity contribution >= 4 is 11.3 Å². The number of nitrogens with zero attached hydrogens (tertiary/aromatic N) is 1. The Labute approximate surface area is 133 Å². The summed E-state index contributed by atoms with van der Waals surface area (Å²) in [5, 5.41) is 0. The summed E-state index contributed by atoms with van der Waals surface area (Å²) in [4.78, 5) is 7.46. The van der Waals surface area contributed by atoms with E-state index < -0.39 is 0 Å². The van der Waals surface area contributed by atoms with Gasteiger partial charge < -0.3 is 0 Å². The van der Waals surface area contributed by atoms with Crippen LogP contribution >= 0.6 is 11.3 Å². The lowest BCUT2D eigenvalue weighted by atomic mass is 10.1. The van der Waals surface area contributed by atoms with Crippen LogP contribution in [0.2, 0.25) is 0 Å². The molecule has 0 radical (unpaired) electrons. The van der Waals surface area contributed by atoms with Gasteiger partial charge in [0, 0.05) is 27.2 Å². The molecule has 0 aliphatic heterocycles. The van der Waals surface area contributed by atoms with Crippen molar-refractivity contribution in [3.05, 3.63) is 41.0 Å². The predicted molar refractivity (Wildman–Crippen MR) is 94.0 cm³/mol. The number of unbranched alkanes of at least 4 members (excludes halogenated alkanes) is 4. The quantitative estimate of drug-likeness (QED) is 0.497. The first kappa shape index (κ1) is 16.2. The summed E-state index contributed by atoms with van der Waals surface area (Å²) in [7, 11) is 0. The maximum Gasteiger partial charge on any atom is 0.0404 e. The summed E-state index contributed by atoms with van der Waals surface area (Å²) in [6.07, 6.45) is 12.2. The minimum Gasteiger partial charge on any atom is -0.261 e. The highest BCUT2D eigenvalue weighted by atomic mass is 32.1. The zero-order chi connectivity index (χ0) is 14.9. The third kappa shape index (κ3) is 5.28. The van der Waals surface area contributed by atoms with E-state index in [1.165, 1.54) is 66.0 Å². The first-order chi connectivity index (χ1) is 10.3. The van der Waals surface area contributed by atoms with Gasteiger partial charge in [-0.15, -0.1) is 11.3 Å². The summed E-state index contributed by atoms with van der Waals surface area (Å²) < 4.78 is 0. The van der Waals surface area contributed by atoms with Crippen LogP contribution in [0, 0.1) is 0 Å². The van der Waals surface area contributed by atoms with Gasteiger partial charge in [0.05, 0.1) is 0 Å². The Hall–Kier alpha value is -1.15. The van der Waals surface area contributed by atoms with Gasteiger partial charge in [-0.2, -0.15) is 0 Å². The Bertz CT molecular complexity index is 513. The SMILES string of the molecule is CCCCCCCc1ccc(-c2ccc(CCC)s2)cn1. The van der Waals surface area contributed by atoms with Crippen LogP contribution in [0.15, 0.2) is 30.5 Å². The van der Waals surface area contributed by atoms with E-state index in [-0.39, 0.29) is 0 Å². The van der Waals surface area contributed by atoms with Crippen LogP contribution in [-0.4, -0.2) is 4.98 Å². The Kier molecular flexibility index (Phi) is 6.94. The lowest BCUT2D eigenvalue weighted by Crippen LogP contribution is -1.90. The van der Waals surface area contributed by atoms with Gasteiger partial charge in [-0.25, -0.2) is 0 Å². The van der Waals surface area contributed by atoms with Crippen LogP contribution in [0.5, 0.6) is 0 Å². The molecule has 0 aromatic carbocycles. The highest BCUT2D eigenvalue weighted by molar-refractivity contribution is 7.15. The molecule has 2 rings (SSSR count). The van der Waals surface area contributed by atoms with Crippen LogP contribution in [0.4, 0.5) is 0 Å². The zero-order valence-corrected chi connectivity index (χ0v) is 14.2. The molecule has 0 N–H and O–H groups in total. The number of rotatable bonds is 9. The standard InChI is InChI=1S/C19H27NS/c1-3-5-6-7-8-10-17-12-11-16(15-20-17)19-14-13-18(21-19)9-4-2/h11-15H,3-10H2,1-2H3. The Morgan fingerprint density at radius 2 is 1.71 bits per heavy atom. The molecule has 0 saturated carbocycles. The molecule has 2 heterocycles. The van der Waals surface area contributed by atoms with Crippen molar-refractivity contribution in [3.63, 3.8) is 0 Å². The van der Waals surface area contributed by atoms with Gasteiger partial charge in [0.2, 0.25) is 0 Å². The van der Waals surface area contributed by atoms with Gasteiger partial charge in [-0.3, -0.25) is 4.98 Å². The summed E-state index contributed by atoms with van der Waals surface area (Å²) in [5.41, 5.74) is 2.50. The number of hydrogen-bond donors (Lipinski definition) is 0. The summed E-state index contributed by atoms with van der Waals surface area (Å²) >= 11 is 1.90. The van der Waals surface area contributed by atoms with E-state index in [1.807, 2.05) is 17.5 Å². The largest absolute Gasteiger partial charge is 0.261 e. The average molecular weight is 301 g/mol. The number of aromatic nitrogens is 1. The monoisotopic (exact) mass is 301 g/mol. The molecular weight excluding hydrogens is 274 g/mol. The second-order valence-corrected chi connectivity index (χ2v) is 6.89. The van der Waals surface area contributed by atoms with Gasteiger partial charge in [0.15, 0.2) is 0 Å². The highest BCUT2D eigenvalue weighted by Gasteiger charge is 2.03. The summed E-state index contributed by atoms with van der Waals surface area (Å²) in [6, 6.07) is 8.92. The van der Waals surface area contributed by atoms with Crippen molar-refractivity contribution in [1.29, 1.82) is 0 Å². The fraction of sp³-hybridized carbons (Fsp3) is 0.526. The predicted octanol–water partition coefficient (Wildman–Crippen LogP) is 6.28. The molecule has 114 valence electrons. The van der Waals surface area contributed by atoms with Gasteiger partial charge in [0.25, 0.3) is 0 Å². The smallest absolute Gasteiger partial charge is 0.0404 e. The van der Waals surface area contributed by atoms with E-state index in [0.29, 0.717) is 0 Å². The number of thiophene rings is 1. The van der Waals surface area contributed by atoms with Crippen LogP contribution < -0.4 is 0 Å². The normalized spacial score (nSPS) is 11.0. The van der Waals surface area contributed by atoms with E-state index in [0.717, 1.165) is 6.42 Å². The van der Waals surface area contributed by atoms with Gasteiger partial charge in [-0.05, 0) is 37.5 Å². The second-order valence-electron chi connectivity index (χ2n) is 5.72. The van der Waals surface area contributed by atoms with Crippen molar-refractivity contribution in [1.82, 2.24) is 4.98 Å². The molecule has 0 bridgehead atoms. The molecule has 2 aromatic rings. The molecule has 0 spiro atoms. The summed E-state index contributed by atoms with van der Waals surface area (Å²) in [5.74, 6) is 0. The van der Waals surface area contributed by atoms with Crippen molar-refractivity contribution in [2.45, 2.75) is 65.2 Å². The van der Waals surface area contributed by atoms with E-state index in [4.69, 9.17) is 0 Å². The molecule has 0 saturated heterocycles. The lowest BCUT2D eigenvalue weighted by molar-refractivity contribution is 0.628.